The normalized spacial score (nSPS) is 11.3. The highest BCUT2D eigenvalue weighted by atomic mass is 32.1. The fourth-order valence-electron chi connectivity index (χ4n) is 2.53. The lowest BCUT2D eigenvalue weighted by Gasteiger charge is -2.14. The second-order valence-electron chi connectivity index (χ2n) is 5.75. The first-order valence-electron chi connectivity index (χ1n) is 7.34. The molecule has 120 valence electrons. The largest absolute Gasteiger partial charge is 0.283 e. The SMILES string of the molecule is Cc1ccc(-n2nnn(CN(C)Cc3ccsc3)c2=S)c(C)c1. The number of benzene rings is 1. The number of tetrazole rings is 1. The molecule has 0 amide bonds. The number of aromatic nitrogens is 4. The zero-order valence-corrected chi connectivity index (χ0v) is 15.1. The molecule has 0 spiro atoms. The van der Waals surface area contributed by atoms with Gasteiger partial charge in [-0.25, -0.2) is 4.68 Å². The summed E-state index contributed by atoms with van der Waals surface area (Å²) in [4.78, 5) is 2.17. The first kappa shape index (κ1) is 16.0. The maximum Gasteiger partial charge on any atom is 0.221 e. The lowest BCUT2D eigenvalue weighted by Crippen LogP contribution is -2.22. The van der Waals surface area contributed by atoms with Gasteiger partial charge in [-0.3, -0.25) is 4.90 Å². The van der Waals surface area contributed by atoms with Crippen molar-refractivity contribution in [3.8, 4) is 5.69 Å². The highest BCUT2D eigenvalue weighted by Crippen LogP contribution is 2.15. The van der Waals surface area contributed by atoms with E-state index in [2.05, 4.69) is 65.2 Å². The summed E-state index contributed by atoms with van der Waals surface area (Å²) in [7, 11) is 2.05. The van der Waals surface area contributed by atoms with E-state index in [1.807, 2.05) is 6.07 Å². The summed E-state index contributed by atoms with van der Waals surface area (Å²) in [6, 6.07) is 8.35. The van der Waals surface area contributed by atoms with Crippen molar-refractivity contribution < 1.29 is 0 Å². The van der Waals surface area contributed by atoms with Crippen LogP contribution >= 0.6 is 23.6 Å². The van der Waals surface area contributed by atoms with Crippen LogP contribution in [0.1, 0.15) is 16.7 Å². The fourth-order valence-corrected chi connectivity index (χ4v) is 3.42. The van der Waals surface area contributed by atoms with Crippen LogP contribution in [0.2, 0.25) is 0 Å². The maximum absolute atomic E-state index is 5.54. The Balaban J connectivity index is 1.80. The molecular weight excluding hydrogens is 326 g/mol. The molecular formula is C16H19N5S2. The smallest absolute Gasteiger partial charge is 0.221 e. The van der Waals surface area contributed by atoms with Gasteiger partial charge in [-0.2, -0.15) is 16.0 Å². The number of thiophene rings is 1. The summed E-state index contributed by atoms with van der Waals surface area (Å²) in [5.74, 6) is 0. The van der Waals surface area contributed by atoms with E-state index in [4.69, 9.17) is 12.2 Å². The van der Waals surface area contributed by atoms with Crippen molar-refractivity contribution in [2.75, 3.05) is 7.05 Å². The van der Waals surface area contributed by atoms with Gasteiger partial charge in [0, 0.05) is 6.54 Å². The third-order valence-corrected chi connectivity index (χ3v) is 4.74. The van der Waals surface area contributed by atoms with E-state index in [0.717, 1.165) is 17.8 Å². The second-order valence-corrected chi connectivity index (χ2v) is 6.90. The van der Waals surface area contributed by atoms with Gasteiger partial charge in [0.15, 0.2) is 0 Å². The van der Waals surface area contributed by atoms with E-state index in [0.29, 0.717) is 11.4 Å². The molecule has 7 heteroatoms. The number of aryl methyl sites for hydroxylation is 2. The average molecular weight is 345 g/mol. The van der Waals surface area contributed by atoms with Gasteiger partial charge in [0.25, 0.3) is 0 Å². The summed E-state index contributed by atoms with van der Waals surface area (Å²) >= 11 is 7.25. The minimum atomic E-state index is 0.606. The van der Waals surface area contributed by atoms with Crippen molar-refractivity contribution in [1.82, 2.24) is 24.7 Å². The van der Waals surface area contributed by atoms with Crippen molar-refractivity contribution in [2.45, 2.75) is 27.1 Å². The molecule has 0 aliphatic carbocycles. The van der Waals surface area contributed by atoms with E-state index in [1.165, 1.54) is 11.1 Å². The molecule has 0 atom stereocenters. The van der Waals surface area contributed by atoms with Crippen LogP contribution in [0.15, 0.2) is 35.0 Å². The Kier molecular flexibility index (Phi) is 4.70. The van der Waals surface area contributed by atoms with Gasteiger partial charge in [0.2, 0.25) is 4.77 Å². The summed E-state index contributed by atoms with van der Waals surface area (Å²) in [6.45, 7) is 5.61. The molecule has 2 aromatic heterocycles. The number of hydrogen-bond acceptors (Lipinski definition) is 5. The molecule has 3 rings (SSSR count). The number of hydrogen-bond donors (Lipinski definition) is 0. The minimum absolute atomic E-state index is 0.606. The van der Waals surface area contributed by atoms with Crippen molar-refractivity contribution in [2.24, 2.45) is 0 Å². The zero-order chi connectivity index (χ0) is 16.4. The first-order chi connectivity index (χ1) is 11.0. The lowest BCUT2D eigenvalue weighted by molar-refractivity contribution is 0.242. The summed E-state index contributed by atoms with van der Waals surface area (Å²) < 4.78 is 4.08. The predicted molar refractivity (Wildman–Crippen MR) is 95.4 cm³/mol. The van der Waals surface area contributed by atoms with Crippen LogP contribution in [0, 0.1) is 18.6 Å². The van der Waals surface area contributed by atoms with Crippen molar-refractivity contribution in [3.05, 3.63) is 56.5 Å². The highest BCUT2D eigenvalue weighted by molar-refractivity contribution is 7.71. The Morgan fingerprint density at radius 2 is 2.04 bits per heavy atom. The van der Waals surface area contributed by atoms with Gasteiger partial charge < -0.3 is 0 Å². The molecule has 0 bridgehead atoms. The number of rotatable bonds is 5. The lowest BCUT2D eigenvalue weighted by atomic mass is 10.1. The van der Waals surface area contributed by atoms with E-state index in [9.17, 15) is 0 Å². The van der Waals surface area contributed by atoms with Crippen LogP contribution in [0.5, 0.6) is 0 Å². The Hall–Kier alpha value is -1.83. The molecule has 0 saturated carbocycles. The summed E-state index contributed by atoms with van der Waals surface area (Å²) in [5, 5.41) is 12.7. The van der Waals surface area contributed by atoms with E-state index in [1.54, 1.807) is 20.7 Å². The monoisotopic (exact) mass is 345 g/mol. The number of nitrogens with zero attached hydrogens (tertiary/aromatic N) is 5. The Morgan fingerprint density at radius 1 is 1.22 bits per heavy atom. The van der Waals surface area contributed by atoms with Crippen LogP contribution in [0.25, 0.3) is 5.69 Å². The quantitative estimate of drug-likeness (QED) is 0.663. The standard InChI is InChI=1S/C16H19N5S2/c1-12-4-5-15(13(2)8-12)21-16(22)20(17-18-21)11-19(3)9-14-6-7-23-10-14/h4-8,10H,9,11H2,1-3H3. The highest BCUT2D eigenvalue weighted by Gasteiger charge is 2.10. The van der Waals surface area contributed by atoms with E-state index >= 15 is 0 Å². The van der Waals surface area contributed by atoms with Crippen molar-refractivity contribution in [3.63, 3.8) is 0 Å². The summed E-state index contributed by atoms with van der Waals surface area (Å²) in [5.41, 5.74) is 4.64. The molecule has 0 aliphatic heterocycles. The van der Waals surface area contributed by atoms with Gasteiger partial charge in [0.1, 0.15) is 0 Å². The van der Waals surface area contributed by atoms with Crippen LogP contribution in [0.4, 0.5) is 0 Å². The average Bonchev–Trinajstić information content (AvgIpc) is 3.11. The van der Waals surface area contributed by atoms with Crippen LogP contribution in [-0.4, -0.2) is 31.7 Å². The molecule has 0 aliphatic rings. The molecule has 0 N–H and O–H groups in total. The molecule has 0 radical (unpaired) electrons. The molecule has 0 unspecified atom stereocenters. The van der Waals surface area contributed by atoms with Gasteiger partial charge in [-0.15, -0.1) is 0 Å². The van der Waals surface area contributed by atoms with E-state index in [-0.39, 0.29) is 0 Å². The van der Waals surface area contributed by atoms with Gasteiger partial charge in [-0.1, -0.05) is 17.7 Å². The van der Waals surface area contributed by atoms with Crippen LogP contribution < -0.4 is 0 Å². The fraction of sp³-hybridized carbons (Fsp3) is 0.312. The molecule has 0 saturated heterocycles. The van der Waals surface area contributed by atoms with E-state index < -0.39 is 0 Å². The molecule has 1 aromatic carbocycles. The van der Waals surface area contributed by atoms with Gasteiger partial charge in [-0.05, 0) is 77.6 Å². The minimum Gasteiger partial charge on any atom is -0.283 e. The third kappa shape index (κ3) is 3.57. The Labute approximate surface area is 144 Å². The zero-order valence-electron chi connectivity index (χ0n) is 13.4. The third-order valence-electron chi connectivity index (χ3n) is 3.63. The first-order valence-corrected chi connectivity index (χ1v) is 8.70. The van der Waals surface area contributed by atoms with Gasteiger partial charge >= 0.3 is 0 Å². The molecule has 5 nitrogen and oxygen atoms in total. The predicted octanol–water partition coefficient (Wildman–Crippen LogP) is 3.57. The van der Waals surface area contributed by atoms with Crippen LogP contribution in [-0.2, 0) is 13.2 Å². The summed E-state index contributed by atoms with van der Waals surface area (Å²) in [6.07, 6.45) is 0. The second kappa shape index (κ2) is 6.74. The Bertz CT molecular complexity index is 848. The van der Waals surface area contributed by atoms with Gasteiger partial charge in [0.05, 0.1) is 12.4 Å². The Morgan fingerprint density at radius 3 is 2.74 bits per heavy atom. The molecule has 2 heterocycles. The van der Waals surface area contributed by atoms with Crippen molar-refractivity contribution in [1.29, 1.82) is 0 Å². The molecule has 0 fully saturated rings. The molecule has 23 heavy (non-hydrogen) atoms. The maximum atomic E-state index is 5.54. The molecule has 3 aromatic rings. The van der Waals surface area contributed by atoms with Crippen LogP contribution in [0.3, 0.4) is 0 Å². The van der Waals surface area contributed by atoms with Crippen molar-refractivity contribution >= 4 is 23.6 Å². The topological polar surface area (TPSA) is 38.9 Å².